The van der Waals surface area contributed by atoms with E-state index in [9.17, 15) is 4.79 Å². The van der Waals surface area contributed by atoms with Gasteiger partial charge < -0.3 is 10.1 Å². The van der Waals surface area contributed by atoms with Gasteiger partial charge in [0.05, 0.1) is 12.7 Å². The molecule has 136 valence electrons. The van der Waals surface area contributed by atoms with E-state index in [-0.39, 0.29) is 12.1 Å². The highest BCUT2D eigenvalue weighted by Crippen LogP contribution is 2.37. The van der Waals surface area contributed by atoms with Crippen LogP contribution in [0, 0.1) is 0 Å². The number of carbonyl (C=O) groups excluding carboxylic acids is 1. The number of para-hydroxylation sites is 1. The Kier molecular flexibility index (Phi) is 4.77. The molecule has 4 nitrogen and oxygen atoms in total. The summed E-state index contributed by atoms with van der Waals surface area (Å²) in [6.07, 6.45) is 1.77. The summed E-state index contributed by atoms with van der Waals surface area (Å²) >= 11 is 1.70. The second kappa shape index (κ2) is 7.37. The monoisotopic (exact) mass is 376 g/mol. The van der Waals surface area contributed by atoms with Crippen LogP contribution in [0.5, 0.6) is 5.75 Å². The number of thioether (sulfide) groups is 1. The highest BCUT2D eigenvalue weighted by molar-refractivity contribution is 7.98. The Morgan fingerprint density at radius 2 is 1.67 bits per heavy atom. The second-order valence-corrected chi connectivity index (χ2v) is 7.12. The quantitative estimate of drug-likeness (QED) is 0.637. The zero-order valence-electron chi connectivity index (χ0n) is 15.2. The smallest absolute Gasteiger partial charge is 0.262 e. The van der Waals surface area contributed by atoms with Crippen LogP contribution in [0.1, 0.15) is 22.1 Å². The standard InChI is InChI=1S/C22H20N2O2S/c1-26-17-11-9-16(10-12-17)24-21(15-7-13-18(27-2)14-8-15)23-20-6-4-3-5-19(20)22(24)25/h3-14,21,23H,1-2H3. The van der Waals surface area contributed by atoms with Gasteiger partial charge in [-0.3, -0.25) is 9.69 Å². The number of carbonyl (C=O) groups is 1. The van der Waals surface area contributed by atoms with Crippen molar-refractivity contribution in [2.24, 2.45) is 0 Å². The molecule has 0 aromatic heterocycles. The van der Waals surface area contributed by atoms with Crippen molar-refractivity contribution in [3.63, 3.8) is 0 Å². The third-order valence-electron chi connectivity index (χ3n) is 4.71. The molecule has 0 fully saturated rings. The Labute approximate surface area is 163 Å². The Hall–Kier alpha value is -2.92. The van der Waals surface area contributed by atoms with Crippen LogP contribution >= 0.6 is 11.8 Å². The second-order valence-electron chi connectivity index (χ2n) is 6.24. The first-order chi connectivity index (χ1) is 13.2. The number of hydrogen-bond acceptors (Lipinski definition) is 4. The normalized spacial score (nSPS) is 15.9. The van der Waals surface area contributed by atoms with Crippen molar-refractivity contribution in [1.82, 2.24) is 0 Å². The number of anilines is 2. The summed E-state index contributed by atoms with van der Waals surface area (Å²) in [5.74, 6) is 0.742. The van der Waals surface area contributed by atoms with Gasteiger partial charge in [0.2, 0.25) is 0 Å². The van der Waals surface area contributed by atoms with E-state index in [4.69, 9.17) is 4.74 Å². The number of nitrogens with zero attached hydrogens (tertiary/aromatic N) is 1. The highest BCUT2D eigenvalue weighted by atomic mass is 32.2. The number of benzene rings is 3. The number of ether oxygens (including phenoxy) is 1. The summed E-state index contributed by atoms with van der Waals surface area (Å²) in [7, 11) is 1.63. The lowest BCUT2D eigenvalue weighted by Crippen LogP contribution is -2.43. The van der Waals surface area contributed by atoms with E-state index in [1.165, 1.54) is 4.90 Å². The van der Waals surface area contributed by atoms with Crippen molar-refractivity contribution >= 4 is 29.0 Å². The van der Waals surface area contributed by atoms with Crippen molar-refractivity contribution in [2.45, 2.75) is 11.1 Å². The molecule has 1 amide bonds. The largest absolute Gasteiger partial charge is 0.497 e. The van der Waals surface area contributed by atoms with Crippen LogP contribution < -0.4 is 15.0 Å². The number of rotatable bonds is 4. The molecule has 1 aliphatic rings. The van der Waals surface area contributed by atoms with Gasteiger partial charge in [0.15, 0.2) is 0 Å². The lowest BCUT2D eigenvalue weighted by molar-refractivity contribution is 0.0975. The minimum absolute atomic E-state index is 0.0199. The molecule has 0 bridgehead atoms. The van der Waals surface area contributed by atoms with E-state index in [1.807, 2.05) is 48.5 Å². The fraction of sp³-hybridized carbons (Fsp3) is 0.136. The van der Waals surface area contributed by atoms with Crippen molar-refractivity contribution in [2.75, 3.05) is 23.6 Å². The molecule has 1 aliphatic heterocycles. The average molecular weight is 376 g/mol. The molecule has 5 heteroatoms. The number of methoxy groups -OCH3 is 1. The van der Waals surface area contributed by atoms with E-state index in [1.54, 1.807) is 23.8 Å². The van der Waals surface area contributed by atoms with Crippen LogP contribution in [0.2, 0.25) is 0 Å². The fourth-order valence-corrected chi connectivity index (χ4v) is 3.69. The van der Waals surface area contributed by atoms with Gasteiger partial charge in [-0.2, -0.15) is 0 Å². The third-order valence-corrected chi connectivity index (χ3v) is 5.45. The maximum absolute atomic E-state index is 13.3. The summed E-state index contributed by atoms with van der Waals surface area (Å²) in [6.45, 7) is 0. The van der Waals surface area contributed by atoms with Gasteiger partial charge in [-0.25, -0.2) is 0 Å². The van der Waals surface area contributed by atoms with Crippen LogP contribution in [0.25, 0.3) is 0 Å². The van der Waals surface area contributed by atoms with Crippen molar-refractivity contribution < 1.29 is 9.53 Å². The summed E-state index contributed by atoms with van der Waals surface area (Å²) in [6, 6.07) is 23.5. The molecular weight excluding hydrogens is 356 g/mol. The van der Waals surface area contributed by atoms with Crippen molar-refractivity contribution in [3.05, 3.63) is 83.9 Å². The van der Waals surface area contributed by atoms with Gasteiger partial charge in [0, 0.05) is 16.3 Å². The molecular formula is C22H20N2O2S. The molecule has 0 radical (unpaired) electrons. The maximum atomic E-state index is 13.3. The minimum Gasteiger partial charge on any atom is -0.497 e. The molecule has 1 atom stereocenters. The Balaban J connectivity index is 1.80. The molecule has 0 spiro atoms. The Morgan fingerprint density at radius 3 is 2.33 bits per heavy atom. The van der Waals surface area contributed by atoms with E-state index in [2.05, 4.69) is 35.8 Å². The number of fused-ring (bicyclic) bond motifs is 1. The van der Waals surface area contributed by atoms with Gasteiger partial charge in [0.1, 0.15) is 11.9 Å². The molecule has 1 heterocycles. The zero-order chi connectivity index (χ0) is 18.8. The summed E-state index contributed by atoms with van der Waals surface area (Å²) < 4.78 is 5.26. The molecule has 0 aliphatic carbocycles. The predicted molar refractivity (Wildman–Crippen MR) is 111 cm³/mol. The van der Waals surface area contributed by atoms with Gasteiger partial charge in [-0.05, 0) is 60.4 Å². The van der Waals surface area contributed by atoms with E-state index in [0.717, 1.165) is 22.7 Å². The first-order valence-corrected chi connectivity index (χ1v) is 9.91. The zero-order valence-corrected chi connectivity index (χ0v) is 16.0. The van der Waals surface area contributed by atoms with Crippen LogP contribution in [0.15, 0.2) is 77.7 Å². The van der Waals surface area contributed by atoms with Gasteiger partial charge in [-0.1, -0.05) is 24.3 Å². The minimum atomic E-state index is -0.281. The number of hydrogen-bond donors (Lipinski definition) is 1. The predicted octanol–water partition coefficient (Wildman–Crippen LogP) is 5.19. The molecule has 27 heavy (non-hydrogen) atoms. The van der Waals surface area contributed by atoms with Gasteiger partial charge >= 0.3 is 0 Å². The van der Waals surface area contributed by atoms with Crippen LogP contribution in [0.3, 0.4) is 0 Å². The van der Waals surface area contributed by atoms with Gasteiger partial charge in [-0.15, -0.1) is 11.8 Å². The summed E-state index contributed by atoms with van der Waals surface area (Å²) in [4.78, 5) is 16.3. The average Bonchev–Trinajstić information content (AvgIpc) is 2.74. The Bertz CT molecular complexity index is 955. The lowest BCUT2D eigenvalue weighted by atomic mass is 10.0. The first kappa shape index (κ1) is 17.5. The van der Waals surface area contributed by atoms with E-state index < -0.39 is 0 Å². The van der Waals surface area contributed by atoms with E-state index >= 15 is 0 Å². The van der Waals surface area contributed by atoms with Crippen molar-refractivity contribution in [3.8, 4) is 5.75 Å². The Morgan fingerprint density at radius 1 is 0.963 bits per heavy atom. The van der Waals surface area contributed by atoms with Crippen molar-refractivity contribution in [1.29, 1.82) is 0 Å². The highest BCUT2D eigenvalue weighted by Gasteiger charge is 2.33. The molecule has 3 aromatic carbocycles. The van der Waals surface area contributed by atoms with Crippen LogP contribution in [-0.4, -0.2) is 19.3 Å². The van der Waals surface area contributed by atoms with Crippen LogP contribution in [-0.2, 0) is 0 Å². The SMILES string of the molecule is COc1ccc(N2C(=O)c3ccccc3NC2c2ccc(SC)cc2)cc1. The molecule has 3 aromatic rings. The molecule has 4 rings (SSSR count). The maximum Gasteiger partial charge on any atom is 0.262 e. The summed E-state index contributed by atoms with van der Waals surface area (Å²) in [5.41, 5.74) is 3.38. The van der Waals surface area contributed by atoms with E-state index in [0.29, 0.717) is 5.56 Å². The molecule has 0 saturated carbocycles. The number of nitrogens with one attached hydrogen (secondary N) is 1. The third kappa shape index (κ3) is 3.26. The van der Waals surface area contributed by atoms with Gasteiger partial charge in [0.25, 0.3) is 5.91 Å². The summed E-state index contributed by atoms with van der Waals surface area (Å²) in [5, 5.41) is 3.53. The first-order valence-electron chi connectivity index (χ1n) is 8.68. The topological polar surface area (TPSA) is 41.6 Å². The fourth-order valence-electron chi connectivity index (χ4n) is 3.28. The molecule has 1 unspecified atom stereocenters. The lowest BCUT2D eigenvalue weighted by Gasteiger charge is -2.38. The number of amides is 1. The molecule has 0 saturated heterocycles. The van der Waals surface area contributed by atoms with Crippen LogP contribution in [0.4, 0.5) is 11.4 Å². The molecule has 1 N–H and O–H groups in total.